The molecule has 16 nitrogen and oxygen atoms in total. The van der Waals surface area contributed by atoms with E-state index in [2.05, 4.69) is 41.2 Å². The Bertz CT molecular complexity index is 3150. The minimum atomic E-state index is -4.10. The van der Waals surface area contributed by atoms with Crippen molar-refractivity contribution in [3.05, 3.63) is 184 Å². The molecule has 0 saturated heterocycles. The zero-order valence-electron chi connectivity index (χ0n) is 49.9. The first-order valence-corrected chi connectivity index (χ1v) is 36.6. The van der Waals surface area contributed by atoms with Crippen LogP contribution in [0.4, 0.5) is 0 Å². The van der Waals surface area contributed by atoms with Gasteiger partial charge in [0.15, 0.2) is 5.97 Å². The van der Waals surface area contributed by atoms with Crippen molar-refractivity contribution in [1.82, 2.24) is 8.61 Å². The van der Waals surface area contributed by atoms with Gasteiger partial charge in [0.25, 0.3) is 0 Å². The molecule has 448 valence electrons. The average Bonchev–Trinajstić information content (AvgIpc) is 3.62. The zero-order valence-corrected chi connectivity index (χ0v) is 57.7. The van der Waals surface area contributed by atoms with E-state index >= 15 is 0 Å². The molecule has 6 aromatic carbocycles. The van der Waals surface area contributed by atoms with Crippen LogP contribution in [0.15, 0.2) is 148 Å². The Morgan fingerprint density at radius 3 is 1.01 bits per heavy atom. The summed E-state index contributed by atoms with van der Waals surface area (Å²) in [5, 5.41) is 21.2. The van der Waals surface area contributed by atoms with E-state index in [1.54, 1.807) is 164 Å². The van der Waals surface area contributed by atoms with Crippen molar-refractivity contribution >= 4 is 61.5 Å². The number of halogens is 2. The third kappa shape index (κ3) is 24.3. The van der Waals surface area contributed by atoms with Gasteiger partial charge in [-0.05, 0) is 187 Å². The molecule has 0 aliphatic heterocycles. The van der Waals surface area contributed by atoms with Gasteiger partial charge in [-0.3, -0.25) is 16.5 Å². The molecule has 0 aliphatic rings. The number of carbonyl (C=O) groups excluding carboxylic acids is 2. The van der Waals surface area contributed by atoms with Crippen molar-refractivity contribution in [2.45, 2.75) is 134 Å². The van der Waals surface area contributed by atoms with Gasteiger partial charge in [-0.2, -0.15) is 8.61 Å². The van der Waals surface area contributed by atoms with Gasteiger partial charge in [0.1, 0.15) is 34.2 Å². The van der Waals surface area contributed by atoms with Crippen LogP contribution in [0.5, 0.6) is 23.0 Å². The number of rotatable bonds is 20. The fraction of sp³-hybridized carbons (Fsp3) is 0.371. The van der Waals surface area contributed by atoms with E-state index < -0.39 is 54.4 Å². The van der Waals surface area contributed by atoms with Crippen LogP contribution in [-0.2, 0) is 99.3 Å². The topological polar surface area (TPSA) is 205 Å². The molecule has 6 rings (SSSR count). The van der Waals surface area contributed by atoms with Gasteiger partial charge in [-0.25, -0.2) is 16.8 Å². The number of aliphatic hydroxyl groups is 2. The molecule has 0 fully saturated rings. The van der Waals surface area contributed by atoms with Crippen LogP contribution in [0.3, 0.4) is 0 Å². The Hall–Kier alpha value is -5.35. The van der Waals surface area contributed by atoms with Gasteiger partial charge in [0.05, 0.1) is 55.9 Å². The molecule has 0 bridgehead atoms. The van der Waals surface area contributed by atoms with E-state index in [9.17, 15) is 36.6 Å². The molecule has 0 atom stereocenters. The summed E-state index contributed by atoms with van der Waals surface area (Å²) in [5.41, 5.74) is 0.890. The average molecular weight is 1360 g/mol. The summed E-state index contributed by atoms with van der Waals surface area (Å²) >= 11 is 7.64. The first-order valence-electron chi connectivity index (χ1n) is 26.0. The molecule has 0 saturated carbocycles. The van der Waals surface area contributed by atoms with Crippen LogP contribution in [-0.4, -0.2) is 87.2 Å². The van der Waals surface area contributed by atoms with Crippen molar-refractivity contribution < 1.29 is 81.4 Å². The first kappa shape index (κ1) is 71.9. The Labute approximate surface area is 517 Å². The van der Waals surface area contributed by atoms with Gasteiger partial charge in [-0.15, -0.1) is 0 Å². The molecule has 0 aromatic heterocycles. The van der Waals surface area contributed by atoms with Crippen LogP contribution >= 0.6 is 29.6 Å². The van der Waals surface area contributed by atoms with E-state index in [1.165, 1.54) is 43.2 Å². The molecule has 0 unspecified atom stereocenters. The van der Waals surface area contributed by atoms with Crippen molar-refractivity contribution in [2.24, 2.45) is 0 Å². The predicted molar refractivity (Wildman–Crippen MR) is 326 cm³/mol. The molecular weight excluding hydrogens is 1290 g/mol. The number of benzene rings is 6. The minimum absolute atomic E-state index is 0.0206. The van der Waals surface area contributed by atoms with Crippen molar-refractivity contribution in [3.63, 3.8) is 0 Å². The molecule has 21 heteroatoms. The summed E-state index contributed by atoms with van der Waals surface area (Å²) in [4.78, 5) is 22.8. The van der Waals surface area contributed by atoms with Crippen molar-refractivity contribution in [2.75, 3.05) is 28.4 Å². The maximum absolute atomic E-state index is 14.2. The van der Waals surface area contributed by atoms with Gasteiger partial charge < -0.3 is 38.6 Å². The fourth-order valence-corrected chi connectivity index (χ4v) is 11.3. The summed E-state index contributed by atoms with van der Waals surface area (Å²) < 4.78 is 90.4. The number of ether oxygens (including phenoxy) is 6. The molecule has 6 aromatic rings. The maximum atomic E-state index is 14.2. The summed E-state index contributed by atoms with van der Waals surface area (Å²) in [7, 11) is -1.69. The van der Waals surface area contributed by atoms with E-state index in [1.807, 2.05) is 48.5 Å². The van der Waals surface area contributed by atoms with Crippen LogP contribution in [0, 0.1) is 6.92 Å². The number of hydrogen-bond donors (Lipinski definition) is 2. The zero-order chi connectivity index (χ0) is 62.7. The second kappa shape index (κ2) is 31.7. The van der Waals surface area contributed by atoms with E-state index in [0.29, 0.717) is 44.2 Å². The fourth-order valence-electron chi connectivity index (χ4n) is 7.70. The van der Waals surface area contributed by atoms with Gasteiger partial charge >= 0.3 is 35.9 Å². The van der Waals surface area contributed by atoms with Crippen LogP contribution in [0.2, 0.25) is 0 Å². The second-order valence-electron chi connectivity index (χ2n) is 21.9. The van der Waals surface area contributed by atoms with Crippen LogP contribution < -0.4 is 18.9 Å². The molecule has 0 heterocycles. The standard InChI is InChI=1S/C31H39NO7S.C25H28BrNO5S.C6H11O2.BrH.Zn/c1-30(2,3)39-29(33)18-24-16-25(31(4,5)34)19-28(17-24)40(35,36)32(20-22-8-12-26(37-6)13-9-22)21-23-10-14-27(38-7)15-11-23;1-25(2,28)20-13-21(26)15-24(14-20)33(29,30)27(16-18-5-9-22(31-3)10-6-18)17-19-7-11-23(32-4)12-8-19;1-5(7)8-6(2,3)4;;/h8-17,19,34H,18,20-21H2,1-7H3;5-15,28H,16-17H2,1-4H3;1H2,2-4H3;1H;/q;;-1;;+2/p-1. The summed E-state index contributed by atoms with van der Waals surface area (Å²) in [6.45, 7) is 20.7. The van der Waals surface area contributed by atoms with E-state index in [0.717, 1.165) is 22.3 Å². The van der Waals surface area contributed by atoms with Crippen LogP contribution in [0.1, 0.15) is 108 Å². The van der Waals surface area contributed by atoms with Gasteiger partial charge in [0, 0.05) is 30.7 Å². The second-order valence-corrected chi connectivity index (χ2v) is 26.7. The summed E-state index contributed by atoms with van der Waals surface area (Å²) in [5.74, 6) is 1.76. The predicted octanol–water partition coefficient (Wildman–Crippen LogP) is 12.3. The Kier molecular flexibility index (Phi) is 27.5. The van der Waals surface area contributed by atoms with Gasteiger partial charge in [-0.1, -0.05) is 70.5 Å². The third-order valence-corrected chi connectivity index (χ3v) is 15.8. The molecule has 0 radical (unpaired) electrons. The van der Waals surface area contributed by atoms with E-state index in [-0.39, 0.29) is 42.4 Å². The molecule has 0 amide bonds. The third-order valence-electron chi connectivity index (χ3n) is 11.8. The number of carbonyl (C=O) groups is 2. The van der Waals surface area contributed by atoms with E-state index in [4.69, 9.17) is 23.7 Å². The summed E-state index contributed by atoms with van der Waals surface area (Å²) in [6, 6.07) is 38.4. The number of hydrogen-bond acceptors (Lipinski definition) is 14. The number of nitrogens with zero attached hydrogens (tertiary/aromatic N) is 2. The number of esters is 2. The monoisotopic (exact) mass is 1360 g/mol. The number of sulfonamides is 2. The van der Waals surface area contributed by atoms with Gasteiger partial charge in [0.2, 0.25) is 20.0 Å². The Morgan fingerprint density at radius 2 is 0.759 bits per heavy atom. The molecule has 83 heavy (non-hydrogen) atoms. The van der Waals surface area contributed by atoms with Crippen LogP contribution in [0.25, 0.3) is 0 Å². The Morgan fingerprint density at radius 1 is 0.470 bits per heavy atom. The quantitative estimate of drug-likeness (QED) is 0.0415. The normalized spacial score (nSPS) is 11.9. The summed E-state index contributed by atoms with van der Waals surface area (Å²) in [6.07, 6.45) is -0.138. The molecular formula is C62H78Br2N2O14S2Zn. The SMILES string of the molecule is COc1ccc(CN(Cc2ccc(OC)cc2)S(=O)(=O)c2cc(Br)cc(C(C)(C)O)c2)cc1.COc1ccc(CN(Cc2ccc(OC)cc2)S(=O)(=O)c2cc(CC(=O)OC(C)(C)C)cc(C(C)(C)O)c2)cc1.[CH2-]C(=O)OC(C)(C)C.[Zn+][Br]. The molecule has 2 N–H and O–H groups in total. The first-order chi connectivity index (χ1) is 38.5. The molecule has 0 spiro atoms. The van der Waals surface area contributed by atoms with Crippen molar-refractivity contribution in [1.29, 1.82) is 0 Å². The Balaban J connectivity index is 0.000000379. The van der Waals surface area contributed by atoms with Crippen molar-refractivity contribution in [3.8, 4) is 23.0 Å². The number of methoxy groups -OCH3 is 4. The molecule has 0 aliphatic carbocycles.